The Morgan fingerprint density at radius 3 is 2.79 bits per heavy atom. The van der Waals surface area contributed by atoms with E-state index < -0.39 is 0 Å². The molecule has 6 heteroatoms. The fourth-order valence-corrected chi connectivity index (χ4v) is 4.20. The third-order valence-electron chi connectivity index (χ3n) is 4.37. The first-order chi connectivity index (χ1) is 14.1. The number of carbonyl (C=O) groups is 1. The first kappa shape index (κ1) is 21.0. The summed E-state index contributed by atoms with van der Waals surface area (Å²) < 4.78 is 13.9. The second-order valence-electron chi connectivity index (χ2n) is 6.40. The van der Waals surface area contributed by atoms with Gasteiger partial charge in [-0.05, 0) is 31.0 Å². The van der Waals surface area contributed by atoms with E-state index in [4.69, 9.17) is 4.99 Å². The fourth-order valence-electron chi connectivity index (χ4n) is 3.03. The summed E-state index contributed by atoms with van der Waals surface area (Å²) in [5.41, 5.74) is 5.80. The zero-order valence-corrected chi connectivity index (χ0v) is 17.3. The molecule has 2 aromatic rings. The quantitative estimate of drug-likeness (QED) is 0.491. The van der Waals surface area contributed by atoms with Crippen LogP contribution in [0.15, 0.2) is 81.2 Å². The van der Waals surface area contributed by atoms with Gasteiger partial charge in [0.15, 0.2) is 0 Å². The molecule has 3 rings (SSSR count). The number of fused-ring (bicyclic) bond motifs is 1. The van der Waals surface area contributed by atoms with Crippen LogP contribution in [0.5, 0.6) is 0 Å². The van der Waals surface area contributed by atoms with Crippen molar-refractivity contribution in [3.63, 3.8) is 0 Å². The van der Waals surface area contributed by atoms with Crippen LogP contribution in [-0.4, -0.2) is 18.7 Å². The van der Waals surface area contributed by atoms with E-state index in [0.29, 0.717) is 6.42 Å². The highest BCUT2D eigenvalue weighted by Gasteiger charge is 2.19. The van der Waals surface area contributed by atoms with Gasteiger partial charge in [-0.3, -0.25) is 14.6 Å². The zero-order chi connectivity index (χ0) is 20.6. The third-order valence-corrected chi connectivity index (χ3v) is 5.59. The van der Waals surface area contributed by atoms with E-state index in [9.17, 15) is 9.18 Å². The summed E-state index contributed by atoms with van der Waals surface area (Å²) in [6, 6.07) is 14.6. The second kappa shape index (κ2) is 10.2. The van der Waals surface area contributed by atoms with Crippen molar-refractivity contribution < 1.29 is 14.0 Å². The van der Waals surface area contributed by atoms with Crippen LogP contribution in [0.1, 0.15) is 37.3 Å². The second-order valence-corrected chi connectivity index (χ2v) is 7.54. The molecule has 1 amide bonds. The molecule has 4 nitrogen and oxygen atoms in total. The van der Waals surface area contributed by atoms with Gasteiger partial charge in [0, 0.05) is 27.3 Å². The summed E-state index contributed by atoms with van der Waals surface area (Å²) in [6.45, 7) is 2.06. The number of halogens is 1. The number of benzene rings is 2. The minimum Gasteiger partial charge on any atom is -0.277 e. The first-order valence-electron chi connectivity index (χ1n) is 9.43. The molecule has 1 aliphatic rings. The van der Waals surface area contributed by atoms with E-state index in [1.165, 1.54) is 19.2 Å². The fraction of sp³-hybridized carbons (Fsp3) is 0.217. The molecule has 150 valence electrons. The number of thioether (sulfide) groups is 1. The summed E-state index contributed by atoms with van der Waals surface area (Å²) in [5.74, 6) is -0.474. The van der Waals surface area contributed by atoms with Crippen LogP contribution in [0.2, 0.25) is 0 Å². The number of aliphatic imine (C=N–C) groups is 1. The van der Waals surface area contributed by atoms with Crippen LogP contribution in [0.4, 0.5) is 4.39 Å². The lowest BCUT2D eigenvalue weighted by Crippen LogP contribution is -2.20. The molecule has 2 aromatic carbocycles. The summed E-state index contributed by atoms with van der Waals surface area (Å²) >= 11 is 1.68. The molecule has 0 atom stereocenters. The van der Waals surface area contributed by atoms with Crippen LogP contribution in [-0.2, 0) is 9.63 Å². The van der Waals surface area contributed by atoms with Crippen molar-refractivity contribution in [1.29, 1.82) is 0 Å². The summed E-state index contributed by atoms with van der Waals surface area (Å²) in [4.78, 5) is 23.3. The Kier molecular flexibility index (Phi) is 7.38. The van der Waals surface area contributed by atoms with Crippen molar-refractivity contribution in [2.24, 2.45) is 4.99 Å². The number of hydrogen-bond donors (Lipinski definition) is 1. The lowest BCUT2D eigenvalue weighted by Gasteiger charge is -2.09. The van der Waals surface area contributed by atoms with Gasteiger partial charge in [-0.2, -0.15) is 0 Å². The van der Waals surface area contributed by atoms with E-state index in [0.717, 1.165) is 38.8 Å². The Labute approximate surface area is 174 Å². The Hall–Kier alpha value is -2.70. The number of nitrogens with zero attached hydrogens (tertiary/aromatic N) is 1. The molecular weight excluding hydrogens is 387 g/mol. The molecule has 0 bridgehead atoms. The van der Waals surface area contributed by atoms with Crippen molar-refractivity contribution in [3.05, 3.63) is 88.2 Å². The van der Waals surface area contributed by atoms with E-state index in [-0.39, 0.29) is 18.1 Å². The van der Waals surface area contributed by atoms with Crippen molar-refractivity contribution in [1.82, 2.24) is 5.48 Å². The molecule has 0 aromatic heterocycles. The lowest BCUT2D eigenvalue weighted by atomic mass is 10.0. The first-order valence-corrected chi connectivity index (χ1v) is 10.2. The van der Waals surface area contributed by atoms with E-state index in [1.54, 1.807) is 17.8 Å². The standard InChI is InChI=1S/C23H23FN2O2S/c1-3-19-21(13-6-7-14-22(27)26-28-2)29-20-12-5-4-11-18(20)23(25-19)16-9-8-10-17(24)15-16/h4-12,15H,3,13-14H2,1-2H3,(H,26,27)/b7-6-. The van der Waals surface area contributed by atoms with Gasteiger partial charge in [-0.15, -0.1) is 0 Å². The molecule has 0 unspecified atom stereocenters. The molecule has 0 fully saturated rings. The normalized spacial score (nSPS) is 13.8. The van der Waals surface area contributed by atoms with Crippen molar-refractivity contribution in [2.75, 3.05) is 7.11 Å². The van der Waals surface area contributed by atoms with Gasteiger partial charge in [0.05, 0.1) is 18.5 Å². The summed E-state index contributed by atoms with van der Waals surface area (Å²) in [5, 5.41) is 0. The predicted molar refractivity (Wildman–Crippen MR) is 115 cm³/mol. The molecule has 1 heterocycles. The Bertz CT molecular complexity index is 982. The van der Waals surface area contributed by atoms with Gasteiger partial charge in [-0.1, -0.05) is 61.2 Å². The van der Waals surface area contributed by atoms with Crippen LogP contribution < -0.4 is 5.48 Å². The maximum atomic E-state index is 13.9. The Balaban J connectivity index is 1.95. The maximum absolute atomic E-state index is 13.9. The minimum absolute atomic E-state index is 0.196. The largest absolute Gasteiger partial charge is 0.277 e. The molecule has 1 N–H and O–H groups in total. The number of amides is 1. The van der Waals surface area contributed by atoms with Crippen LogP contribution in [0, 0.1) is 5.82 Å². The van der Waals surface area contributed by atoms with E-state index >= 15 is 0 Å². The average Bonchev–Trinajstić information content (AvgIpc) is 2.88. The highest BCUT2D eigenvalue weighted by molar-refractivity contribution is 8.03. The van der Waals surface area contributed by atoms with Gasteiger partial charge in [0.1, 0.15) is 5.82 Å². The molecule has 0 radical (unpaired) electrons. The topological polar surface area (TPSA) is 50.7 Å². The van der Waals surface area contributed by atoms with Gasteiger partial charge in [0.25, 0.3) is 0 Å². The van der Waals surface area contributed by atoms with Gasteiger partial charge in [0.2, 0.25) is 5.91 Å². The molecule has 0 saturated heterocycles. The van der Waals surface area contributed by atoms with Gasteiger partial charge >= 0.3 is 0 Å². The van der Waals surface area contributed by atoms with E-state index in [1.807, 2.05) is 36.4 Å². The number of allylic oxidation sites excluding steroid dienone is 3. The van der Waals surface area contributed by atoms with Gasteiger partial charge in [-0.25, -0.2) is 9.87 Å². The maximum Gasteiger partial charge on any atom is 0.247 e. The Morgan fingerprint density at radius 1 is 1.21 bits per heavy atom. The number of rotatable bonds is 7. The predicted octanol–water partition coefficient (Wildman–Crippen LogP) is 5.40. The average molecular weight is 411 g/mol. The minimum atomic E-state index is -0.279. The Morgan fingerprint density at radius 2 is 2.03 bits per heavy atom. The van der Waals surface area contributed by atoms with Crippen LogP contribution >= 0.6 is 11.8 Å². The molecule has 29 heavy (non-hydrogen) atoms. The van der Waals surface area contributed by atoms with E-state index in [2.05, 4.69) is 23.3 Å². The third kappa shape index (κ3) is 5.43. The van der Waals surface area contributed by atoms with Crippen molar-refractivity contribution in [2.45, 2.75) is 31.1 Å². The highest BCUT2D eigenvalue weighted by atomic mass is 32.2. The van der Waals surface area contributed by atoms with Crippen LogP contribution in [0.25, 0.3) is 0 Å². The van der Waals surface area contributed by atoms with Crippen LogP contribution in [0.3, 0.4) is 0 Å². The van der Waals surface area contributed by atoms with Crippen molar-refractivity contribution >= 4 is 23.4 Å². The number of carbonyl (C=O) groups excluding carboxylic acids is 1. The lowest BCUT2D eigenvalue weighted by molar-refractivity contribution is -0.130. The number of nitrogens with one attached hydrogen (secondary N) is 1. The molecule has 0 aliphatic carbocycles. The monoisotopic (exact) mass is 410 g/mol. The SMILES string of the molecule is CCC1=C(C/C=C\CC(=O)NOC)Sc2ccccc2C(c2cccc(F)c2)=N1. The molecule has 0 saturated carbocycles. The smallest absolute Gasteiger partial charge is 0.247 e. The molecule has 0 spiro atoms. The highest BCUT2D eigenvalue weighted by Crippen LogP contribution is 2.39. The van der Waals surface area contributed by atoms with Crippen molar-refractivity contribution in [3.8, 4) is 0 Å². The number of hydrogen-bond acceptors (Lipinski definition) is 4. The molecular formula is C23H23FN2O2S. The molecule has 1 aliphatic heterocycles. The summed E-state index contributed by atoms with van der Waals surface area (Å²) in [6.07, 6.45) is 5.47. The number of hydroxylamine groups is 1. The zero-order valence-electron chi connectivity index (χ0n) is 16.4. The summed E-state index contributed by atoms with van der Waals surface area (Å²) in [7, 11) is 1.41. The van der Waals surface area contributed by atoms with Gasteiger partial charge < -0.3 is 0 Å².